The topological polar surface area (TPSA) is 66.9 Å². The zero-order valence-electron chi connectivity index (χ0n) is 14.5. The van der Waals surface area contributed by atoms with Crippen LogP contribution in [0, 0.1) is 31.3 Å². The molecule has 3 aromatic rings. The molecule has 0 unspecified atom stereocenters. The number of rotatable bonds is 4. The Hall–Kier alpha value is -3.42. The van der Waals surface area contributed by atoms with E-state index in [1.54, 1.807) is 6.92 Å². The van der Waals surface area contributed by atoms with E-state index in [1.165, 1.54) is 6.07 Å². The van der Waals surface area contributed by atoms with E-state index in [1.807, 2.05) is 31.2 Å². The van der Waals surface area contributed by atoms with Crippen LogP contribution in [-0.4, -0.2) is 15.9 Å². The molecule has 5 nitrogen and oxygen atoms in total. The maximum atomic E-state index is 13.7. The van der Waals surface area contributed by atoms with Crippen molar-refractivity contribution in [3.05, 3.63) is 77.0 Å². The van der Waals surface area contributed by atoms with Crippen LogP contribution in [0.1, 0.15) is 21.9 Å². The Kier molecular flexibility index (Phi) is 5.07. The van der Waals surface area contributed by atoms with Gasteiger partial charge >= 0.3 is 0 Å². The monoisotopic (exact) mass is 372 g/mol. The summed E-state index contributed by atoms with van der Waals surface area (Å²) in [5.41, 5.74) is 1.27. The van der Waals surface area contributed by atoms with E-state index in [2.05, 4.69) is 20.6 Å². The molecule has 8 heteroatoms. The van der Waals surface area contributed by atoms with Crippen LogP contribution in [0.4, 0.5) is 30.4 Å². The zero-order valence-corrected chi connectivity index (χ0v) is 14.5. The van der Waals surface area contributed by atoms with Crippen molar-refractivity contribution in [2.24, 2.45) is 0 Å². The van der Waals surface area contributed by atoms with Crippen LogP contribution < -0.4 is 10.6 Å². The molecule has 0 fully saturated rings. The van der Waals surface area contributed by atoms with Gasteiger partial charge in [-0.1, -0.05) is 12.1 Å². The number of aryl methyl sites for hydroxylation is 2. The second-order valence-corrected chi connectivity index (χ2v) is 5.86. The van der Waals surface area contributed by atoms with Crippen molar-refractivity contribution in [1.82, 2.24) is 9.97 Å². The number of aromatic nitrogens is 2. The van der Waals surface area contributed by atoms with E-state index in [0.717, 1.165) is 23.4 Å². The van der Waals surface area contributed by atoms with E-state index < -0.39 is 29.0 Å². The van der Waals surface area contributed by atoms with E-state index in [9.17, 15) is 18.0 Å². The first-order valence-corrected chi connectivity index (χ1v) is 7.97. The summed E-state index contributed by atoms with van der Waals surface area (Å²) < 4.78 is 40.1. The smallest absolute Gasteiger partial charge is 0.274 e. The first-order valence-electron chi connectivity index (χ1n) is 7.97. The molecule has 0 saturated carbocycles. The highest BCUT2D eigenvalue weighted by Gasteiger charge is 2.17. The second kappa shape index (κ2) is 7.45. The molecule has 0 bridgehead atoms. The first-order chi connectivity index (χ1) is 12.8. The van der Waals surface area contributed by atoms with Gasteiger partial charge in [0.25, 0.3) is 5.91 Å². The van der Waals surface area contributed by atoms with Gasteiger partial charge in [-0.05, 0) is 43.7 Å². The molecule has 1 aromatic heterocycles. The Bertz CT molecular complexity index is 1020. The van der Waals surface area contributed by atoms with Crippen molar-refractivity contribution < 1.29 is 18.0 Å². The fraction of sp³-hybridized carbons (Fsp3) is 0.105. The zero-order chi connectivity index (χ0) is 19.6. The number of hydrogen-bond acceptors (Lipinski definition) is 4. The maximum Gasteiger partial charge on any atom is 0.274 e. The lowest BCUT2D eigenvalue weighted by atomic mass is 10.2. The summed E-state index contributed by atoms with van der Waals surface area (Å²) in [5, 5.41) is 5.24. The summed E-state index contributed by atoms with van der Waals surface area (Å²) in [4.78, 5) is 20.6. The molecule has 138 valence electrons. The molecule has 0 radical (unpaired) electrons. The van der Waals surface area contributed by atoms with Crippen LogP contribution >= 0.6 is 0 Å². The number of anilines is 3. The minimum Gasteiger partial charge on any atom is -0.340 e. The summed E-state index contributed by atoms with van der Waals surface area (Å²) in [6, 6.07) is 10.6. The van der Waals surface area contributed by atoms with E-state index in [-0.39, 0.29) is 5.69 Å². The highest BCUT2D eigenvalue weighted by Crippen LogP contribution is 2.21. The van der Waals surface area contributed by atoms with Gasteiger partial charge in [-0.3, -0.25) is 4.79 Å². The molecule has 0 spiro atoms. The molecule has 1 heterocycles. The van der Waals surface area contributed by atoms with Gasteiger partial charge in [0.1, 0.15) is 17.3 Å². The SMILES string of the molecule is Cc1cccc(Nc2cc(C(=O)Nc3ccc(F)c(F)c3F)nc(C)n2)c1. The minimum absolute atomic E-state index is 0.0539. The summed E-state index contributed by atoms with van der Waals surface area (Å²) in [5.74, 6) is -4.58. The van der Waals surface area contributed by atoms with Crippen LogP contribution in [0.2, 0.25) is 0 Å². The largest absolute Gasteiger partial charge is 0.340 e. The predicted molar refractivity (Wildman–Crippen MR) is 95.5 cm³/mol. The molecule has 0 aliphatic rings. The van der Waals surface area contributed by atoms with Gasteiger partial charge in [0.15, 0.2) is 17.5 Å². The third-order valence-corrected chi connectivity index (χ3v) is 3.64. The van der Waals surface area contributed by atoms with Crippen molar-refractivity contribution in [1.29, 1.82) is 0 Å². The summed E-state index contributed by atoms with van der Waals surface area (Å²) in [7, 11) is 0. The first kappa shape index (κ1) is 18.4. The molecule has 0 saturated heterocycles. The molecular weight excluding hydrogens is 357 g/mol. The van der Waals surface area contributed by atoms with Gasteiger partial charge in [0.05, 0.1) is 5.69 Å². The van der Waals surface area contributed by atoms with Crippen molar-refractivity contribution in [2.45, 2.75) is 13.8 Å². The number of halogens is 3. The van der Waals surface area contributed by atoms with Gasteiger partial charge in [-0.25, -0.2) is 23.1 Å². The predicted octanol–water partition coefficient (Wildman–Crippen LogP) is 4.51. The van der Waals surface area contributed by atoms with E-state index in [4.69, 9.17) is 0 Å². The molecule has 0 aliphatic heterocycles. The van der Waals surface area contributed by atoms with Crippen LogP contribution in [0.5, 0.6) is 0 Å². The molecule has 2 aromatic carbocycles. The maximum absolute atomic E-state index is 13.7. The standard InChI is InChI=1S/C19H15F3N4O/c1-10-4-3-5-12(8-10)25-16-9-15(23-11(2)24-16)19(27)26-14-7-6-13(20)17(21)18(14)22/h3-9H,1-2H3,(H,26,27)(H,23,24,25). The molecule has 0 aliphatic carbocycles. The third-order valence-electron chi connectivity index (χ3n) is 3.64. The van der Waals surface area contributed by atoms with Gasteiger partial charge in [-0.15, -0.1) is 0 Å². The lowest BCUT2D eigenvalue weighted by molar-refractivity contribution is 0.102. The van der Waals surface area contributed by atoms with Crippen molar-refractivity contribution in [3.63, 3.8) is 0 Å². The number of amides is 1. The number of carbonyl (C=O) groups is 1. The van der Waals surface area contributed by atoms with E-state index >= 15 is 0 Å². The highest BCUT2D eigenvalue weighted by atomic mass is 19.2. The van der Waals surface area contributed by atoms with Gasteiger partial charge in [0.2, 0.25) is 0 Å². The Morgan fingerprint density at radius 1 is 0.963 bits per heavy atom. The Morgan fingerprint density at radius 2 is 1.74 bits per heavy atom. The summed E-state index contributed by atoms with van der Waals surface area (Å²) in [6.45, 7) is 3.53. The minimum atomic E-state index is -1.66. The lowest BCUT2D eigenvalue weighted by Crippen LogP contribution is -2.17. The second-order valence-electron chi connectivity index (χ2n) is 5.86. The average Bonchev–Trinajstić information content (AvgIpc) is 2.61. The molecule has 3 rings (SSSR count). The third kappa shape index (κ3) is 4.22. The van der Waals surface area contributed by atoms with Crippen molar-refractivity contribution >= 4 is 23.1 Å². The normalized spacial score (nSPS) is 10.6. The number of carbonyl (C=O) groups excluding carboxylic acids is 1. The number of benzene rings is 2. The lowest BCUT2D eigenvalue weighted by Gasteiger charge is -2.10. The highest BCUT2D eigenvalue weighted by molar-refractivity contribution is 6.03. The summed E-state index contributed by atoms with van der Waals surface area (Å²) >= 11 is 0. The van der Waals surface area contributed by atoms with Crippen LogP contribution in [0.15, 0.2) is 42.5 Å². The summed E-state index contributed by atoms with van der Waals surface area (Å²) in [6.07, 6.45) is 0. The fourth-order valence-electron chi connectivity index (χ4n) is 2.43. The van der Waals surface area contributed by atoms with Gasteiger partial charge < -0.3 is 10.6 Å². The number of nitrogens with zero attached hydrogens (tertiary/aromatic N) is 2. The Morgan fingerprint density at radius 3 is 2.48 bits per heavy atom. The van der Waals surface area contributed by atoms with E-state index in [0.29, 0.717) is 11.6 Å². The van der Waals surface area contributed by atoms with Crippen LogP contribution in [-0.2, 0) is 0 Å². The molecular formula is C19H15F3N4O. The average molecular weight is 372 g/mol. The van der Waals surface area contributed by atoms with Crippen LogP contribution in [0.3, 0.4) is 0 Å². The van der Waals surface area contributed by atoms with Gasteiger partial charge in [-0.2, -0.15) is 0 Å². The molecule has 2 N–H and O–H groups in total. The van der Waals surface area contributed by atoms with Crippen molar-refractivity contribution in [3.8, 4) is 0 Å². The number of nitrogens with one attached hydrogen (secondary N) is 2. The quantitative estimate of drug-likeness (QED) is 0.662. The fourth-order valence-corrected chi connectivity index (χ4v) is 2.43. The van der Waals surface area contributed by atoms with Crippen LogP contribution in [0.25, 0.3) is 0 Å². The molecule has 0 atom stereocenters. The Labute approximate surface area is 153 Å². The van der Waals surface area contributed by atoms with Crippen molar-refractivity contribution in [2.75, 3.05) is 10.6 Å². The number of hydrogen-bond donors (Lipinski definition) is 2. The molecule has 1 amide bonds. The Balaban J connectivity index is 1.85. The van der Waals surface area contributed by atoms with Gasteiger partial charge in [0, 0.05) is 11.8 Å². The molecule has 27 heavy (non-hydrogen) atoms.